The van der Waals surface area contributed by atoms with E-state index in [9.17, 15) is 14.7 Å². The van der Waals surface area contributed by atoms with Crippen molar-refractivity contribution in [1.82, 2.24) is 15.1 Å². The number of nitrogens with zero attached hydrogens (tertiary/aromatic N) is 2. The Labute approximate surface area is 143 Å². The maximum absolute atomic E-state index is 12.6. The molecule has 2 atom stereocenters. The molecule has 3 saturated heterocycles. The first-order chi connectivity index (χ1) is 11.5. The topological polar surface area (TPSA) is 82.1 Å². The lowest BCUT2D eigenvalue weighted by molar-refractivity contribution is -0.152. The molecule has 3 aliphatic rings. The van der Waals surface area contributed by atoms with Crippen LogP contribution in [0.15, 0.2) is 0 Å². The second kappa shape index (κ2) is 7.37. The third-order valence-corrected chi connectivity index (χ3v) is 5.89. The molecule has 2 amide bonds. The molecule has 0 unspecified atom stereocenters. The summed E-state index contributed by atoms with van der Waals surface area (Å²) in [5, 5.41) is 13.9. The highest BCUT2D eigenvalue weighted by molar-refractivity contribution is 5.82. The van der Waals surface area contributed by atoms with Gasteiger partial charge < -0.3 is 20.1 Å². The van der Waals surface area contributed by atoms with E-state index >= 15 is 0 Å². The summed E-state index contributed by atoms with van der Waals surface area (Å²) in [5.74, 6) is 0.368. The monoisotopic (exact) mass is 339 g/mol. The smallest absolute Gasteiger partial charge is 0.236 e. The number of carbonyl (C=O) groups is 2. The van der Waals surface area contributed by atoms with Crippen molar-refractivity contribution in [1.29, 1.82) is 0 Å². The second-order valence-corrected chi connectivity index (χ2v) is 7.43. The van der Waals surface area contributed by atoms with Crippen molar-refractivity contribution in [3.05, 3.63) is 0 Å². The van der Waals surface area contributed by atoms with Crippen LogP contribution in [0.4, 0.5) is 0 Å². The van der Waals surface area contributed by atoms with Crippen molar-refractivity contribution >= 4 is 11.8 Å². The van der Waals surface area contributed by atoms with E-state index in [1.165, 1.54) is 0 Å². The van der Waals surface area contributed by atoms with E-state index in [0.717, 1.165) is 26.1 Å². The molecule has 0 radical (unpaired) electrons. The van der Waals surface area contributed by atoms with Gasteiger partial charge in [-0.3, -0.25) is 14.5 Å². The van der Waals surface area contributed by atoms with Crippen LogP contribution in [0.25, 0.3) is 0 Å². The molecule has 7 nitrogen and oxygen atoms in total. The Hall–Kier alpha value is -1.18. The number of rotatable bonds is 3. The molecule has 0 aliphatic carbocycles. The Morgan fingerprint density at radius 3 is 2.79 bits per heavy atom. The minimum Gasteiger partial charge on any atom is -0.389 e. The van der Waals surface area contributed by atoms with E-state index in [2.05, 4.69) is 5.32 Å². The number of nitrogens with one attached hydrogen (secondary N) is 1. The molecule has 0 aromatic carbocycles. The number of hydrogen-bond acceptors (Lipinski definition) is 5. The van der Waals surface area contributed by atoms with E-state index in [1.54, 1.807) is 0 Å². The van der Waals surface area contributed by atoms with Crippen molar-refractivity contribution < 1.29 is 19.4 Å². The fourth-order valence-electron chi connectivity index (χ4n) is 4.29. The number of amides is 2. The number of piperazine rings is 1. The van der Waals surface area contributed by atoms with Gasteiger partial charge in [-0.05, 0) is 25.2 Å². The summed E-state index contributed by atoms with van der Waals surface area (Å²) < 4.78 is 5.41. The molecule has 3 rings (SSSR count). The van der Waals surface area contributed by atoms with Gasteiger partial charge in [-0.25, -0.2) is 0 Å². The highest BCUT2D eigenvalue weighted by Gasteiger charge is 2.46. The third-order valence-electron chi connectivity index (χ3n) is 5.89. The van der Waals surface area contributed by atoms with E-state index in [0.29, 0.717) is 39.1 Å². The Morgan fingerprint density at radius 2 is 2.12 bits per heavy atom. The molecule has 24 heavy (non-hydrogen) atoms. The highest BCUT2D eigenvalue weighted by Crippen LogP contribution is 2.39. The van der Waals surface area contributed by atoms with Crippen LogP contribution in [0.1, 0.15) is 26.2 Å². The molecule has 0 spiro atoms. The van der Waals surface area contributed by atoms with Crippen LogP contribution in [0.5, 0.6) is 0 Å². The standard InChI is InChI=1S/C17H29N3O4/c1-13-10-20(16(22)12-19-7-5-18-15(21)11-19)6-4-17(13,23)14-2-8-24-9-3-14/h13-14,23H,2-12H2,1H3,(H,18,21)/t13-,17+/m1/s1. The van der Waals surface area contributed by atoms with Crippen molar-refractivity contribution in [3.63, 3.8) is 0 Å². The normalized spacial score (nSPS) is 33.3. The van der Waals surface area contributed by atoms with Crippen LogP contribution in [0.2, 0.25) is 0 Å². The highest BCUT2D eigenvalue weighted by atomic mass is 16.5. The zero-order valence-electron chi connectivity index (χ0n) is 14.5. The SMILES string of the molecule is C[C@@H]1CN(C(=O)CN2CCNC(=O)C2)CC[C@@]1(O)C1CCOCC1. The average molecular weight is 339 g/mol. The summed E-state index contributed by atoms with van der Waals surface area (Å²) in [7, 11) is 0. The van der Waals surface area contributed by atoms with Gasteiger partial charge in [0.25, 0.3) is 0 Å². The Balaban J connectivity index is 1.54. The molecule has 0 aromatic rings. The Kier molecular flexibility index (Phi) is 5.42. The molecule has 0 aromatic heterocycles. The lowest BCUT2D eigenvalue weighted by Crippen LogP contribution is -2.58. The first-order valence-electron chi connectivity index (χ1n) is 9.06. The fraction of sp³-hybridized carbons (Fsp3) is 0.882. The molecule has 2 N–H and O–H groups in total. The first kappa shape index (κ1) is 17.6. The summed E-state index contributed by atoms with van der Waals surface area (Å²) in [4.78, 5) is 27.7. The van der Waals surface area contributed by atoms with Gasteiger partial charge in [0.1, 0.15) is 0 Å². The van der Waals surface area contributed by atoms with Crippen molar-refractivity contribution in [2.45, 2.75) is 31.8 Å². The molecule has 0 bridgehead atoms. The first-order valence-corrected chi connectivity index (χ1v) is 9.06. The average Bonchev–Trinajstić information content (AvgIpc) is 2.58. The largest absolute Gasteiger partial charge is 0.389 e. The van der Waals surface area contributed by atoms with Crippen LogP contribution in [0.3, 0.4) is 0 Å². The predicted octanol–water partition coefficient (Wildman–Crippen LogP) is -0.556. The van der Waals surface area contributed by atoms with Crippen molar-refractivity contribution in [2.24, 2.45) is 11.8 Å². The molecule has 7 heteroatoms. The van der Waals surface area contributed by atoms with Crippen LogP contribution in [0, 0.1) is 11.8 Å². The number of carbonyl (C=O) groups excluding carboxylic acids is 2. The summed E-state index contributed by atoms with van der Waals surface area (Å²) >= 11 is 0. The van der Waals surface area contributed by atoms with Crippen LogP contribution >= 0.6 is 0 Å². The zero-order chi connectivity index (χ0) is 17.2. The van der Waals surface area contributed by atoms with Crippen LogP contribution < -0.4 is 5.32 Å². The number of ether oxygens (including phenoxy) is 1. The van der Waals surface area contributed by atoms with E-state index in [4.69, 9.17) is 4.74 Å². The quantitative estimate of drug-likeness (QED) is 0.721. The lowest BCUT2D eigenvalue weighted by atomic mass is 9.70. The number of hydrogen-bond donors (Lipinski definition) is 2. The van der Waals surface area contributed by atoms with Gasteiger partial charge in [0.05, 0.1) is 18.7 Å². The van der Waals surface area contributed by atoms with Gasteiger partial charge >= 0.3 is 0 Å². The molecular formula is C17H29N3O4. The van der Waals surface area contributed by atoms with Crippen molar-refractivity contribution in [3.8, 4) is 0 Å². The summed E-state index contributed by atoms with van der Waals surface area (Å²) in [5.41, 5.74) is -0.689. The maximum atomic E-state index is 12.6. The molecule has 136 valence electrons. The van der Waals surface area contributed by atoms with Gasteiger partial charge in [-0.15, -0.1) is 0 Å². The molecule has 0 saturated carbocycles. The zero-order valence-corrected chi connectivity index (χ0v) is 14.5. The Bertz CT molecular complexity index is 480. The molecular weight excluding hydrogens is 310 g/mol. The van der Waals surface area contributed by atoms with Gasteiger partial charge in [-0.2, -0.15) is 0 Å². The number of aliphatic hydroxyl groups is 1. The van der Waals surface area contributed by atoms with Crippen LogP contribution in [-0.2, 0) is 14.3 Å². The number of piperidine rings is 1. The predicted molar refractivity (Wildman–Crippen MR) is 88.3 cm³/mol. The summed E-state index contributed by atoms with van der Waals surface area (Å²) in [6, 6.07) is 0. The van der Waals surface area contributed by atoms with Gasteiger partial charge in [0.2, 0.25) is 11.8 Å². The van der Waals surface area contributed by atoms with Gasteiger partial charge in [-0.1, -0.05) is 6.92 Å². The van der Waals surface area contributed by atoms with E-state index in [1.807, 2.05) is 16.7 Å². The molecule has 3 aliphatic heterocycles. The van der Waals surface area contributed by atoms with Crippen LogP contribution in [-0.4, -0.2) is 84.8 Å². The summed E-state index contributed by atoms with van der Waals surface area (Å²) in [6.07, 6.45) is 2.43. The second-order valence-electron chi connectivity index (χ2n) is 7.43. The number of likely N-dealkylation sites (tertiary alicyclic amines) is 1. The lowest BCUT2D eigenvalue weighted by Gasteiger charge is -2.48. The minimum atomic E-state index is -0.689. The van der Waals surface area contributed by atoms with Gasteiger partial charge in [0.15, 0.2) is 0 Å². The third kappa shape index (κ3) is 3.73. The van der Waals surface area contributed by atoms with Crippen molar-refractivity contribution in [2.75, 3.05) is 52.5 Å². The summed E-state index contributed by atoms with van der Waals surface area (Å²) in [6.45, 7) is 6.57. The minimum absolute atomic E-state index is 0.0186. The molecule has 3 heterocycles. The van der Waals surface area contributed by atoms with E-state index in [-0.39, 0.29) is 30.2 Å². The Morgan fingerprint density at radius 1 is 1.38 bits per heavy atom. The molecule has 3 fully saturated rings. The van der Waals surface area contributed by atoms with E-state index < -0.39 is 5.60 Å². The fourth-order valence-corrected chi connectivity index (χ4v) is 4.29. The van der Waals surface area contributed by atoms with Gasteiger partial charge in [0, 0.05) is 45.3 Å². The maximum Gasteiger partial charge on any atom is 0.236 e.